The number of aliphatic carboxylic acids is 1. The Morgan fingerprint density at radius 2 is 2.00 bits per heavy atom. The molecule has 1 aromatic carbocycles. The molecule has 0 amide bonds. The van der Waals surface area contributed by atoms with Gasteiger partial charge in [-0.05, 0) is 12.1 Å². The summed E-state index contributed by atoms with van der Waals surface area (Å²) in [5.74, 6) is -1.23. The van der Waals surface area contributed by atoms with Gasteiger partial charge < -0.3 is 9.52 Å². The number of nitrogens with one attached hydrogen (secondary N) is 1. The molecule has 1 aromatic heterocycles. The molecule has 0 bridgehead atoms. The van der Waals surface area contributed by atoms with E-state index in [9.17, 15) is 4.79 Å². The van der Waals surface area contributed by atoms with Crippen LogP contribution in [-0.4, -0.2) is 16.1 Å². The summed E-state index contributed by atoms with van der Waals surface area (Å²) >= 11 is 0. The maximum Gasteiger partial charge on any atom is 0.417 e. The van der Waals surface area contributed by atoms with Crippen molar-refractivity contribution in [2.75, 3.05) is 0 Å². The van der Waals surface area contributed by atoms with Gasteiger partial charge in [-0.15, -0.1) is 0 Å². The van der Waals surface area contributed by atoms with Gasteiger partial charge in [0.15, 0.2) is 5.58 Å². The Balaban J connectivity index is 0.000000213. The number of aromatic amines is 1. The lowest BCUT2D eigenvalue weighted by atomic mass is 10.3. The highest BCUT2D eigenvalue weighted by Crippen LogP contribution is 2.06. The average molecular weight is 195 g/mol. The summed E-state index contributed by atoms with van der Waals surface area (Å²) in [4.78, 5) is 22.1. The summed E-state index contributed by atoms with van der Waals surface area (Å²) in [5, 5.41) is 7.42. The van der Waals surface area contributed by atoms with Crippen LogP contribution in [-0.2, 0) is 4.79 Å². The maximum atomic E-state index is 10.6. The molecule has 0 spiro atoms. The van der Waals surface area contributed by atoms with E-state index in [2.05, 4.69) is 4.98 Å². The zero-order chi connectivity index (χ0) is 10.6. The molecule has 0 atom stereocenters. The lowest BCUT2D eigenvalue weighted by Crippen LogP contribution is -1.92. The SMILES string of the molecule is CC(=O)O.O=c1[nH]c2ccccc2o1. The van der Waals surface area contributed by atoms with Crippen LogP contribution in [0.1, 0.15) is 6.92 Å². The predicted octanol–water partition coefficient (Wildman–Crippen LogP) is 1.21. The van der Waals surface area contributed by atoms with E-state index in [1.807, 2.05) is 12.1 Å². The van der Waals surface area contributed by atoms with Crippen molar-refractivity contribution >= 4 is 17.1 Å². The Bertz CT molecular complexity index is 443. The number of benzene rings is 1. The van der Waals surface area contributed by atoms with Gasteiger partial charge in [-0.1, -0.05) is 12.1 Å². The van der Waals surface area contributed by atoms with Crippen LogP contribution in [0.3, 0.4) is 0 Å². The molecule has 0 aliphatic rings. The van der Waals surface area contributed by atoms with Gasteiger partial charge in [0.05, 0.1) is 5.52 Å². The quantitative estimate of drug-likeness (QED) is 0.661. The first-order chi connectivity index (χ1) is 6.59. The normalized spacial score (nSPS) is 9.21. The highest BCUT2D eigenvalue weighted by Gasteiger charge is 1.95. The minimum absolute atomic E-state index is 0.402. The van der Waals surface area contributed by atoms with Crippen molar-refractivity contribution in [3.05, 3.63) is 34.8 Å². The minimum Gasteiger partial charge on any atom is -0.481 e. The highest BCUT2D eigenvalue weighted by atomic mass is 16.4. The smallest absolute Gasteiger partial charge is 0.417 e. The number of H-pyrrole nitrogens is 1. The summed E-state index contributed by atoms with van der Waals surface area (Å²) in [6.45, 7) is 1.08. The molecule has 2 N–H and O–H groups in total. The van der Waals surface area contributed by atoms with Crippen molar-refractivity contribution in [1.82, 2.24) is 4.98 Å². The van der Waals surface area contributed by atoms with Gasteiger partial charge in [0.1, 0.15) is 0 Å². The van der Waals surface area contributed by atoms with Crippen molar-refractivity contribution in [3.63, 3.8) is 0 Å². The fraction of sp³-hybridized carbons (Fsp3) is 0.111. The summed E-state index contributed by atoms with van der Waals surface area (Å²) in [6, 6.07) is 7.19. The van der Waals surface area contributed by atoms with Gasteiger partial charge in [0.2, 0.25) is 0 Å². The third-order valence-corrected chi connectivity index (χ3v) is 1.33. The number of aromatic nitrogens is 1. The van der Waals surface area contributed by atoms with Crippen molar-refractivity contribution in [1.29, 1.82) is 0 Å². The number of hydrogen-bond donors (Lipinski definition) is 2. The molecule has 0 unspecified atom stereocenters. The van der Waals surface area contributed by atoms with Crippen LogP contribution in [0.25, 0.3) is 11.1 Å². The zero-order valence-electron chi connectivity index (χ0n) is 7.48. The van der Waals surface area contributed by atoms with Crippen LogP contribution in [0.5, 0.6) is 0 Å². The van der Waals surface area contributed by atoms with Crippen LogP contribution in [0, 0.1) is 0 Å². The Kier molecular flexibility index (Phi) is 3.06. The van der Waals surface area contributed by atoms with E-state index in [1.54, 1.807) is 12.1 Å². The molecule has 0 radical (unpaired) electrons. The van der Waals surface area contributed by atoms with Crippen molar-refractivity contribution in [2.45, 2.75) is 6.92 Å². The zero-order valence-corrected chi connectivity index (χ0v) is 7.48. The summed E-state index contributed by atoms with van der Waals surface area (Å²) in [5.41, 5.74) is 1.35. The van der Waals surface area contributed by atoms with Gasteiger partial charge in [-0.25, -0.2) is 4.79 Å². The van der Waals surface area contributed by atoms with E-state index in [0.717, 1.165) is 12.4 Å². The number of carboxylic acids is 1. The Hall–Kier alpha value is -2.04. The third-order valence-electron chi connectivity index (χ3n) is 1.33. The number of para-hydroxylation sites is 2. The molecule has 14 heavy (non-hydrogen) atoms. The molecule has 0 fully saturated rings. The topological polar surface area (TPSA) is 83.3 Å². The molecule has 0 saturated heterocycles. The standard InChI is InChI=1S/C7H5NO2.C2H4O2/c9-7-8-5-3-1-2-4-6(5)10-7;1-2(3)4/h1-4H,(H,8,9);1H3,(H,3,4). The number of carbonyl (C=O) groups is 1. The molecule has 0 saturated carbocycles. The van der Waals surface area contributed by atoms with Gasteiger partial charge >= 0.3 is 5.76 Å². The summed E-state index contributed by atoms with van der Waals surface area (Å²) in [7, 11) is 0. The van der Waals surface area contributed by atoms with Crippen LogP contribution in [0.4, 0.5) is 0 Å². The molecule has 2 rings (SSSR count). The number of fused-ring (bicyclic) bond motifs is 1. The van der Waals surface area contributed by atoms with E-state index in [0.29, 0.717) is 5.58 Å². The summed E-state index contributed by atoms with van der Waals surface area (Å²) < 4.78 is 4.76. The number of rotatable bonds is 0. The third kappa shape index (κ3) is 2.78. The van der Waals surface area contributed by atoms with Crippen LogP contribution in [0.15, 0.2) is 33.5 Å². The van der Waals surface area contributed by atoms with E-state index in [1.165, 1.54) is 0 Å². The molecule has 2 aromatic rings. The second kappa shape index (κ2) is 4.27. The lowest BCUT2D eigenvalue weighted by Gasteiger charge is -1.79. The van der Waals surface area contributed by atoms with Crippen molar-refractivity contribution in [3.8, 4) is 0 Å². The van der Waals surface area contributed by atoms with Gasteiger partial charge in [0.25, 0.3) is 5.97 Å². The van der Waals surface area contributed by atoms with Crippen molar-refractivity contribution < 1.29 is 14.3 Å². The van der Waals surface area contributed by atoms with E-state index >= 15 is 0 Å². The molecular weight excluding hydrogens is 186 g/mol. The molecule has 5 heteroatoms. The first-order valence-corrected chi connectivity index (χ1v) is 3.87. The van der Waals surface area contributed by atoms with Gasteiger partial charge in [-0.2, -0.15) is 0 Å². The van der Waals surface area contributed by atoms with Crippen LogP contribution >= 0.6 is 0 Å². The number of oxazole rings is 1. The Morgan fingerprint density at radius 3 is 2.57 bits per heavy atom. The van der Waals surface area contributed by atoms with Crippen molar-refractivity contribution in [2.24, 2.45) is 0 Å². The van der Waals surface area contributed by atoms with Gasteiger partial charge in [0, 0.05) is 6.92 Å². The van der Waals surface area contributed by atoms with Crippen LogP contribution in [0.2, 0.25) is 0 Å². The average Bonchev–Trinajstić information content (AvgIpc) is 2.42. The van der Waals surface area contributed by atoms with Gasteiger partial charge in [-0.3, -0.25) is 9.78 Å². The Morgan fingerprint density at radius 1 is 1.43 bits per heavy atom. The lowest BCUT2D eigenvalue weighted by molar-refractivity contribution is -0.134. The number of hydrogen-bond acceptors (Lipinski definition) is 3. The minimum atomic E-state index is -0.833. The van der Waals surface area contributed by atoms with E-state index in [-0.39, 0.29) is 0 Å². The first-order valence-electron chi connectivity index (χ1n) is 3.87. The summed E-state index contributed by atoms with van der Waals surface area (Å²) in [6.07, 6.45) is 0. The largest absolute Gasteiger partial charge is 0.481 e. The molecule has 0 aliphatic carbocycles. The monoisotopic (exact) mass is 195 g/mol. The molecule has 0 aliphatic heterocycles. The maximum absolute atomic E-state index is 10.6. The first kappa shape index (κ1) is 10.0. The predicted molar refractivity (Wildman–Crippen MR) is 50.1 cm³/mol. The van der Waals surface area contributed by atoms with E-state index < -0.39 is 11.7 Å². The van der Waals surface area contributed by atoms with E-state index in [4.69, 9.17) is 14.3 Å². The Labute approximate surface area is 79.0 Å². The molecule has 1 heterocycles. The fourth-order valence-electron chi connectivity index (χ4n) is 0.894. The number of carboxylic acid groups (broad SMARTS) is 1. The second-order valence-corrected chi connectivity index (χ2v) is 2.53. The molecular formula is C9H9NO4. The second-order valence-electron chi connectivity index (χ2n) is 2.53. The highest BCUT2D eigenvalue weighted by molar-refractivity contribution is 5.71. The molecule has 5 nitrogen and oxygen atoms in total. The van der Waals surface area contributed by atoms with Crippen LogP contribution < -0.4 is 5.76 Å². The molecule has 74 valence electrons. The fourth-order valence-corrected chi connectivity index (χ4v) is 0.894.